The maximum atomic E-state index is 8.90. The average molecular weight is 217 g/mol. The van der Waals surface area contributed by atoms with E-state index < -0.39 is 0 Å². The van der Waals surface area contributed by atoms with Crippen LogP contribution in [0.3, 0.4) is 0 Å². The largest absolute Gasteiger partial charge is 0.396 e. The van der Waals surface area contributed by atoms with Crippen molar-refractivity contribution in [3.8, 4) is 0 Å². The second-order valence-corrected chi connectivity index (χ2v) is 3.92. The van der Waals surface area contributed by atoms with Crippen molar-refractivity contribution >= 4 is 16.9 Å². The molecule has 1 unspecified atom stereocenters. The summed E-state index contributed by atoms with van der Waals surface area (Å²) in [7, 11) is 0. The molecule has 84 valence electrons. The lowest BCUT2D eigenvalue weighted by Crippen LogP contribution is -2.15. The van der Waals surface area contributed by atoms with Crippen molar-refractivity contribution in [2.45, 2.75) is 6.92 Å². The topological polar surface area (TPSA) is 58.0 Å². The van der Waals surface area contributed by atoms with Crippen molar-refractivity contribution < 1.29 is 5.11 Å². The Morgan fingerprint density at radius 1 is 1.38 bits per heavy atom. The standard InChI is InChI=1S/C12H15N3O/c1-9(8-16)6-13-12-14-7-10-4-2-3-5-11(10)15-12/h2-5,7,9,16H,6,8H2,1H3,(H,13,14,15). The molecule has 4 heteroatoms. The molecule has 0 aliphatic carbocycles. The van der Waals surface area contributed by atoms with Crippen molar-refractivity contribution in [2.75, 3.05) is 18.5 Å². The smallest absolute Gasteiger partial charge is 0.223 e. The summed E-state index contributed by atoms with van der Waals surface area (Å²) in [6.45, 7) is 2.81. The van der Waals surface area contributed by atoms with Gasteiger partial charge in [-0.05, 0) is 12.0 Å². The van der Waals surface area contributed by atoms with Crippen LogP contribution in [0.1, 0.15) is 6.92 Å². The maximum Gasteiger partial charge on any atom is 0.223 e. The molecular weight excluding hydrogens is 202 g/mol. The number of benzene rings is 1. The van der Waals surface area contributed by atoms with Crippen LogP contribution in [0, 0.1) is 5.92 Å². The SMILES string of the molecule is CC(CO)CNc1ncc2ccccc2n1. The summed E-state index contributed by atoms with van der Waals surface area (Å²) in [5.41, 5.74) is 0.927. The highest BCUT2D eigenvalue weighted by atomic mass is 16.3. The van der Waals surface area contributed by atoms with Gasteiger partial charge in [-0.25, -0.2) is 9.97 Å². The number of aromatic nitrogens is 2. The minimum atomic E-state index is 0.167. The highest BCUT2D eigenvalue weighted by Gasteiger charge is 2.02. The summed E-state index contributed by atoms with van der Waals surface area (Å²) in [5, 5.41) is 13.0. The van der Waals surface area contributed by atoms with Crippen LogP contribution in [-0.2, 0) is 0 Å². The van der Waals surface area contributed by atoms with E-state index in [1.54, 1.807) is 6.20 Å². The zero-order valence-corrected chi connectivity index (χ0v) is 9.22. The van der Waals surface area contributed by atoms with Crippen molar-refractivity contribution in [1.29, 1.82) is 0 Å². The molecule has 0 saturated heterocycles. The van der Waals surface area contributed by atoms with E-state index in [-0.39, 0.29) is 12.5 Å². The van der Waals surface area contributed by atoms with Crippen LogP contribution in [0.15, 0.2) is 30.5 Å². The van der Waals surface area contributed by atoms with Gasteiger partial charge in [-0.15, -0.1) is 0 Å². The number of hydrogen-bond acceptors (Lipinski definition) is 4. The summed E-state index contributed by atoms with van der Waals surface area (Å²) in [6, 6.07) is 7.86. The van der Waals surface area contributed by atoms with E-state index in [0.29, 0.717) is 12.5 Å². The van der Waals surface area contributed by atoms with E-state index in [0.717, 1.165) is 10.9 Å². The first kappa shape index (κ1) is 10.8. The Morgan fingerprint density at radius 2 is 2.19 bits per heavy atom. The number of nitrogens with one attached hydrogen (secondary N) is 1. The molecular formula is C12H15N3O. The first-order valence-corrected chi connectivity index (χ1v) is 5.36. The second kappa shape index (κ2) is 4.90. The Morgan fingerprint density at radius 3 is 3.00 bits per heavy atom. The second-order valence-electron chi connectivity index (χ2n) is 3.92. The summed E-state index contributed by atoms with van der Waals surface area (Å²) < 4.78 is 0. The number of para-hydroxylation sites is 1. The molecule has 2 rings (SSSR count). The number of aliphatic hydroxyl groups is 1. The molecule has 0 saturated carbocycles. The molecule has 0 aliphatic rings. The number of nitrogens with zero attached hydrogens (tertiary/aromatic N) is 2. The zero-order valence-electron chi connectivity index (χ0n) is 9.22. The fourth-order valence-corrected chi connectivity index (χ4v) is 1.39. The number of fused-ring (bicyclic) bond motifs is 1. The molecule has 4 nitrogen and oxygen atoms in total. The molecule has 16 heavy (non-hydrogen) atoms. The lowest BCUT2D eigenvalue weighted by atomic mass is 10.2. The van der Waals surface area contributed by atoms with Gasteiger partial charge in [0.05, 0.1) is 5.52 Å². The number of rotatable bonds is 4. The van der Waals surface area contributed by atoms with Gasteiger partial charge in [0.15, 0.2) is 0 Å². The molecule has 0 spiro atoms. The molecule has 1 atom stereocenters. The normalized spacial score (nSPS) is 12.6. The molecule has 0 bridgehead atoms. The lowest BCUT2D eigenvalue weighted by Gasteiger charge is -2.09. The lowest BCUT2D eigenvalue weighted by molar-refractivity contribution is 0.244. The van der Waals surface area contributed by atoms with Gasteiger partial charge in [0.1, 0.15) is 0 Å². The van der Waals surface area contributed by atoms with Crippen LogP contribution in [0.2, 0.25) is 0 Å². The first-order valence-electron chi connectivity index (χ1n) is 5.36. The molecule has 0 amide bonds. The Labute approximate surface area is 94.4 Å². The number of anilines is 1. The quantitative estimate of drug-likeness (QED) is 0.818. The van der Waals surface area contributed by atoms with Crippen molar-refractivity contribution in [3.05, 3.63) is 30.5 Å². The molecule has 0 fully saturated rings. The average Bonchev–Trinajstić information content (AvgIpc) is 2.35. The maximum absolute atomic E-state index is 8.90. The minimum absolute atomic E-state index is 0.167. The molecule has 1 aromatic carbocycles. The van der Waals surface area contributed by atoms with Crippen LogP contribution < -0.4 is 5.32 Å². The van der Waals surface area contributed by atoms with Gasteiger partial charge in [0.25, 0.3) is 0 Å². The highest BCUT2D eigenvalue weighted by molar-refractivity contribution is 5.78. The zero-order chi connectivity index (χ0) is 11.4. The Bertz CT molecular complexity index is 473. The van der Waals surface area contributed by atoms with Crippen LogP contribution >= 0.6 is 0 Å². The van der Waals surface area contributed by atoms with Crippen LogP contribution in [0.5, 0.6) is 0 Å². The molecule has 0 aliphatic heterocycles. The third kappa shape index (κ3) is 2.46. The van der Waals surface area contributed by atoms with E-state index in [1.807, 2.05) is 31.2 Å². The van der Waals surface area contributed by atoms with Gasteiger partial charge in [0.2, 0.25) is 5.95 Å². The van der Waals surface area contributed by atoms with Crippen LogP contribution in [0.25, 0.3) is 10.9 Å². The monoisotopic (exact) mass is 217 g/mol. The summed E-state index contributed by atoms with van der Waals surface area (Å²) in [5.74, 6) is 0.814. The van der Waals surface area contributed by atoms with E-state index >= 15 is 0 Å². The third-order valence-electron chi connectivity index (χ3n) is 2.41. The van der Waals surface area contributed by atoms with Gasteiger partial charge < -0.3 is 10.4 Å². The number of hydrogen-bond donors (Lipinski definition) is 2. The Kier molecular flexibility index (Phi) is 3.31. The number of aliphatic hydroxyl groups excluding tert-OH is 1. The van der Waals surface area contributed by atoms with Gasteiger partial charge in [-0.2, -0.15) is 0 Å². The first-order chi connectivity index (χ1) is 7.79. The predicted octanol–water partition coefficient (Wildman–Crippen LogP) is 1.67. The van der Waals surface area contributed by atoms with E-state index in [9.17, 15) is 0 Å². The van der Waals surface area contributed by atoms with Crippen molar-refractivity contribution in [1.82, 2.24) is 9.97 Å². The van der Waals surface area contributed by atoms with Gasteiger partial charge in [-0.3, -0.25) is 0 Å². The van der Waals surface area contributed by atoms with E-state index in [1.165, 1.54) is 0 Å². The summed E-state index contributed by atoms with van der Waals surface area (Å²) >= 11 is 0. The highest BCUT2D eigenvalue weighted by Crippen LogP contribution is 2.11. The molecule has 1 heterocycles. The van der Waals surface area contributed by atoms with E-state index in [4.69, 9.17) is 5.11 Å². The van der Waals surface area contributed by atoms with Crippen molar-refractivity contribution in [2.24, 2.45) is 5.92 Å². The third-order valence-corrected chi connectivity index (χ3v) is 2.41. The Balaban J connectivity index is 2.13. The van der Waals surface area contributed by atoms with Crippen LogP contribution in [0.4, 0.5) is 5.95 Å². The minimum Gasteiger partial charge on any atom is -0.396 e. The molecule has 0 radical (unpaired) electrons. The fraction of sp³-hybridized carbons (Fsp3) is 0.333. The molecule has 2 aromatic rings. The van der Waals surface area contributed by atoms with Gasteiger partial charge in [-0.1, -0.05) is 25.1 Å². The Hall–Kier alpha value is -1.68. The van der Waals surface area contributed by atoms with Gasteiger partial charge in [0, 0.05) is 24.7 Å². The fourth-order valence-electron chi connectivity index (χ4n) is 1.39. The molecule has 1 aromatic heterocycles. The summed E-state index contributed by atoms with van der Waals surface area (Å²) in [6.07, 6.45) is 1.80. The molecule has 2 N–H and O–H groups in total. The van der Waals surface area contributed by atoms with Crippen LogP contribution in [-0.4, -0.2) is 28.2 Å². The van der Waals surface area contributed by atoms with E-state index in [2.05, 4.69) is 15.3 Å². The van der Waals surface area contributed by atoms with Crippen molar-refractivity contribution in [3.63, 3.8) is 0 Å². The summed E-state index contributed by atoms with van der Waals surface area (Å²) in [4.78, 5) is 8.59. The van der Waals surface area contributed by atoms with Gasteiger partial charge >= 0.3 is 0 Å². The predicted molar refractivity (Wildman–Crippen MR) is 64.3 cm³/mol.